The molecular formula is C24H22ClN5O4S. The van der Waals surface area contributed by atoms with Crippen LogP contribution >= 0.6 is 11.6 Å². The molecule has 1 saturated heterocycles. The van der Waals surface area contributed by atoms with E-state index in [1.807, 2.05) is 50.2 Å². The smallest absolute Gasteiger partial charge is 0.289 e. The molecule has 0 saturated carbocycles. The van der Waals surface area contributed by atoms with Crippen LogP contribution in [-0.4, -0.2) is 47.0 Å². The molecule has 9 nitrogen and oxygen atoms in total. The minimum absolute atomic E-state index is 0.0412. The van der Waals surface area contributed by atoms with Gasteiger partial charge in [0.1, 0.15) is 11.6 Å². The van der Waals surface area contributed by atoms with Crippen molar-refractivity contribution in [3.05, 3.63) is 70.3 Å². The van der Waals surface area contributed by atoms with Crippen molar-refractivity contribution in [2.45, 2.75) is 26.4 Å². The van der Waals surface area contributed by atoms with Gasteiger partial charge in [-0.25, -0.2) is 18.4 Å². The molecule has 2 N–H and O–H groups in total. The molecule has 180 valence electrons. The van der Waals surface area contributed by atoms with Crippen LogP contribution in [0.5, 0.6) is 0 Å². The monoisotopic (exact) mass is 511 g/mol. The first-order valence-corrected chi connectivity index (χ1v) is 13.1. The van der Waals surface area contributed by atoms with Crippen molar-refractivity contribution in [2.75, 3.05) is 16.8 Å². The number of benzene rings is 2. The standard InChI is InChI=1S/C24H22ClN5O4S/c1-13-21(14(2)34-30-13)16-6-7-20-19(9-16)22(26-10-15-4-3-5-17(25)8-15)29-23(28-20)24(31)27-18-11-35(32,33)12-18/h3-9,18H,10-12H2,1-2H3,(H,27,31)(H,26,28,29). The van der Waals surface area contributed by atoms with E-state index in [1.54, 1.807) is 6.07 Å². The van der Waals surface area contributed by atoms with E-state index >= 15 is 0 Å². The molecule has 35 heavy (non-hydrogen) atoms. The molecule has 0 bridgehead atoms. The number of hydrogen-bond donors (Lipinski definition) is 2. The maximum absolute atomic E-state index is 12.8. The maximum Gasteiger partial charge on any atom is 0.289 e. The van der Waals surface area contributed by atoms with Gasteiger partial charge in [0.15, 0.2) is 9.84 Å². The number of amides is 1. The van der Waals surface area contributed by atoms with Gasteiger partial charge in [0.05, 0.1) is 28.8 Å². The van der Waals surface area contributed by atoms with E-state index < -0.39 is 21.8 Å². The summed E-state index contributed by atoms with van der Waals surface area (Å²) in [4.78, 5) is 21.8. The summed E-state index contributed by atoms with van der Waals surface area (Å²) >= 11 is 6.12. The summed E-state index contributed by atoms with van der Waals surface area (Å²) in [5, 5.41) is 11.4. The molecule has 4 aromatic rings. The van der Waals surface area contributed by atoms with Crippen LogP contribution in [0, 0.1) is 13.8 Å². The Kier molecular flexibility index (Phi) is 5.94. The molecule has 1 fully saturated rings. The van der Waals surface area contributed by atoms with Gasteiger partial charge in [-0.2, -0.15) is 0 Å². The van der Waals surface area contributed by atoms with Gasteiger partial charge in [-0.3, -0.25) is 4.79 Å². The molecule has 1 aliphatic heterocycles. The molecule has 0 aliphatic carbocycles. The Morgan fingerprint density at radius 2 is 1.94 bits per heavy atom. The van der Waals surface area contributed by atoms with Crippen molar-refractivity contribution >= 4 is 44.1 Å². The minimum Gasteiger partial charge on any atom is -0.365 e. The van der Waals surface area contributed by atoms with Crippen LogP contribution in [0.2, 0.25) is 5.02 Å². The molecule has 0 radical (unpaired) electrons. The number of carbonyl (C=O) groups excluding carboxylic acids is 1. The lowest BCUT2D eigenvalue weighted by Gasteiger charge is -2.26. The molecule has 2 aromatic heterocycles. The summed E-state index contributed by atoms with van der Waals surface area (Å²) in [6.45, 7) is 4.14. The Hall–Kier alpha value is -3.50. The Bertz CT molecular complexity index is 1540. The van der Waals surface area contributed by atoms with Crippen LogP contribution in [-0.2, 0) is 16.4 Å². The molecule has 11 heteroatoms. The summed E-state index contributed by atoms with van der Waals surface area (Å²) in [5.41, 5.74) is 4.05. The van der Waals surface area contributed by atoms with Crippen LogP contribution in [0.3, 0.4) is 0 Å². The first-order chi connectivity index (χ1) is 16.7. The van der Waals surface area contributed by atoms with E-state index in [9.17, 15) is 13.2 Å². The zero-order chi connectivity index (χ0) is 24.7. The number of anilines is 1. The second-order valence-corrected chi connectivity index (χ2v) is 11.1. The molecule has 3 heterocycles. The highest BCUT2D eigenvalue weighted by Gasteiger charge is 2.35. The van der Waals surface area contributed by atoms with Gasteiger partial charge in [0, 0.05) is 22.5 Å². The quantitative estimate of drug-likeness (QED) is 0.401. The van der Waals surface area contributed by atoms with Crippen molar-refractivity contribution in [1.29, 1.82) is 0 Å². The first kappa shape index (κ1) is 23.3. The van der Waals surface area contributed by atoms with Crippen LogP contribution in [0.25, 0.3) is 22.0 Å². The maximum atomic E-state index is 12.8. The minimum atomic E-state index is -3.07. The zero-order valence-electron chi connectivity index (χ0n) is 19.0. The van der Waals surface area contributed by atoms with Gasteiger partial charge in [0.25, 0.3) is 5.91 Å². The summed E-state index contributed by atoms with van der Waals surface area (Å²) < 4.78 is 28.2. The fourth-order valence-corrected chi connectivity index (χ4v) is 5.65. The number of halogens is 1. The molecule has 0 spiro atoms. The van der Waals surface area contributed by atoms with Gasteiger partial charge in [-0.1, -0.05) is 35.0 Å². The summed E-state index contributed by atoms with van der Waals surface area (Å²) in [7, 11) is -3.07. The van der Waals surface area contributed by atoms with Gasteiger partial charge >= 0.3 is 0 Å². The van der Waals surface area contributed by atoms with Gasteiger partial charge < -0.3 is 15.2 Å². The molecule has 0 atom stereocenters. The average molecular weight is 512 g/mol. The molecule has 1 aliphatic rings. The van der Waals surface area contributed by atoms with Gasteiger partial charge in [-0.15, -0.1) is 0 Å². The highest BCUT2D eigenvalue weighted by atomic mass is 35.5. The predicted octanol–water partition coefficient (Wildman–Crippen LogP) is 3.69. The van der Waals surface area contributed by atoms with Crippen LogP contribution in [0.15, 0.2) is 47.0 Å². The van der Waals surface area contributed by atoms with Gasteiger partial charge in [0.2, 0.25) is 5.82 Å². The van der Waals surface area contributed by atoms with Crippen molar-refractivity contribution in [2.24, 2.45) is 0 Å². The van der Waals surface area contributed by atoms with E-state index in [2.05, 4.69) is 25.8 Å². The predicted molar refractivity (Wildman–Crippen MR) is 133 cm³/mol. The summed E-state index contributed by atoms with van der Waals surface area (Å²) in [6.07, 6.45) is 0. The molecule has 1 amide bonds. The third-order valence-corrected chi connectivity index (χ3v) is 7.87. The van der Waals surface area contributed by atoms with Crippen molar-refractivity contribution < 1.29 is 17.7 Å². The normalized spacial score (nSPS) is 15.1. The zero-order valence-corrected chi connectivity index (χ0v) is 20.6. The van der Waals surface area contributed by atoms with E-state index in [1.165, 1.54) is 0 Å². The van der Waals surface area contributed by atoms with Crippen molar-refractivity contribution in [1.82, 2.24) is 20.4 Å². The number of nitrogens with zero attached hydrogens (tertiary/aromatic N) is 3. The third kappa shape index (κ3) is 4.85. The Morgan fingerprint density at radius 3 is 2.63 bits per heavy atom. The number of rotatable bonds is 6. The van der Waals surface area contributed by atoms with E-state index in [0.29, 0.717) is 34.0 Å². The number of aryl methyl sites for hydroxylation is 2. The van der Waals surface area contributed by atoms with Gasteiger partial charge in [-0.05, 0) is 49.2 Å². The van der Waals surface area contributed by atoms with Crippen LogP contribution in [0.1, 0.15) is 27.6 Å². The molecule has 2 aromatic carbocycles. The lowest BCUT2D eigenvalue weighted by atomic mass is 10.0. The lowest BCUT2D eigenvalue weighted by molar-refractivity contribution is 0.0932. The Labute approximate surface area is 206 Å². The number of fused-ring (bicyclic) bond motifs is 1. The fourth-order valence-electron chi connectivity index (χ4n) is 4.15. The van der Waals surface area contributed by atoms with Crippen LogP contribution < -0.4 is 10.6 Å². The number of hydrogen-bond acceptors (Lipinski definition) is 8. The average Bonchev–Trinajstić information content (AvgIpc) is 3.13. The Morgan fingerprint density at radius 1 is 1.14 bits per heavy atom. The number of carbonyl (C=O) groups is 1. The SMILES string of the molecule is Cc1noc(C)c1-c1ccc2nc(C(=O)NC3CS(=O)(=O)C3)nc(NCc3cccc(Cl)c3)c2c1. The molecule has 5 rings (SSSR count). The number of nitrogens with one attached hydrogen (secondary N) is 2. The number of aromatic nitrogens is 3. The largest absolute Gasteiger partial charge is 0.365 e. The van der Waals surface area contributed by atoms with Crippen molar-refractivity contribution in [3.63, 3.8) is 0 Å². The van der Waals surface area contributed by atoms with Crippen molar-refractivity contribution in [3.8, 4) is 11.1 Å². The second-order valence-electron chi connectivity index (χ2n) is 8.56. The van der Waals surface area contributed by atoms with E-state index in [0.717, 1.165) is 22.4 Å². The highest BCUT2D eigenvalue weighted by molar-refractivity contribution is 7.92. The van der Waals surface area contributed by atoms with Crippen LogP contribution in [0.4, 0.5) is 5.82 Å². The second kappa shape index (κ2) is 8.94. The summed E-state index contributed by atoms with van der Waals surface area (Å²) in [6, 6.07) is 12.6. The highest BCUT2D eigenvalue weighted by Crippen LogP contribution is 2.31. The topological polar surface area (TPSA) is 127 Å². The van der Waals surface area contributed by atoms with E-state index in [4.69, 9.17) is 16.1 Å². The first-order valence-electron chi connectivity index (χ1n) is 10.9. The Balaban J connectivity index is 1.53. The lowest BCUT2D eigenvalue weighted by Crippen LogP contribution is -2.53. The molecule has 0 unspecified atom stereocenters. The molecular weight excluding hydrogens is 490 g/mol. The summed E-state index contributed by atoms with van der Waals surface area (Å²) in [5.74, 6) is 0.450. The fraction of sp³-hybridized carbons (Fsp3) is 0.250. The number of sulfone groups is 1. The third-order valence-electron chi connectivity index (χ3n) is 5.82. The van der Waals surface area contributed by atoms with E-state index in [-0.39, 0.29) is 17.3 Å².